The van der Waals surface area contributed by atoms with Gasteiger partial charge < -0.3 is 11.1 Å². The summed E-state index contributed by atoms with van der Waals surface area (Å²) in [5, 5.41) is 3.33. The number of carbonyl (C=O) groups excluding carboxylic acids is 1. The van der Waals surface area contributed by atoms with Crippen molar-refractivity contribution in [3.63, 3.8) is 0 Å². The van der Waals surface area contributed by atoms with Gasteiger partial charge in [0.2, 0.25) is 0 Å². The minimum atomic E-state index is -0.113. The highest BCUT2D eigenvalue weighted by Crippen LogP contribution is 2.29. The Hall–Kier alpha value is -1.65. The van der Waals surface area contributed by atoms with Crippen LogP contribution in [0.4, 0.5) is 5.69 Å². The standard InChI is InChI=1S/C15H15ClN2OS/c1-18-15(19)11-4-7-13(17)14(8-11)20-9-10-2-5-12(16)6-3-10/h2-8H,9,17H2,1H3,(H,18,19). The van der Waals surface area contributed by atoms with Gasteiger partial charge in [0.05, 0.1) is 0 Å². The Labute approximate surface area is 127 Å². The van der Waals surface area contributed by atoms with Gasteiger partial charge in [-0.05, 0) is 35.9 Å². The van der Waals surface area contributed by atoms with E-state index >= 15 is 0 Å². The molecule has 104 valence electrons. The van der Waals surface area contributed by atoms with Gasteiger partial charge in [-0.1, -0.05) is 23.7 Å². The molecule has 0 aliphatic heterocycles. The monoisotopic (exact) mass is 306 g/mol. The zero-order valence-corrected chi connectivity index (χ0v) is 12.6. The highest BCUT2D eigenvalue weighted by atomic mass is 35.5. The third-order valence-corrected chi connectivity index (χ3v) is 4.20. The number of hydrogen-bond donors (Lipinski definition) is 2. The van der Waals surface area contributed by atoms with Crippen LogP contribution in [0.5, 0.6) is 0 Å². The van der Waals surface area contributed by atoms with E-state index in [4.69, 9.17) is 17.3 Å². The molecule has 0 aliphatic carbocycles. The number of nitrogens with two attached hydrogens (primary N) is 1. The van der Waals surface area contributed by atoms with Gasteiger partial charge in [0.1, 0.15) is 0 Å². The first-order valence-electron chi connectivity index (χ1n) is 6.09. The molecule has 20 heavy (non-hydrogen) atoms. The first kappa shape index (κ1) is 14.8. The van der Waals surface area contributed by atoms with E-state index in [0.29, 0.717) is 11.3 Å². The van der Waals surface area contributed by atoms with Crippen LogP contribution < -0.4 is 11.1 Å². The lowest BCUT2D eigenvalue weighted by Gasteiger charge is -2.08. The molecular formula is C15H15ClN2OS. The summed E-state index contributed by atoms with van der Waals surface area (Å²) in [6, 6.07) is 13.0. The summed E-state index contributed by atoms with van der Waals surface area (Å²) in [5.74, 6) is 0.664. The van der Waals surface area contributed by atoms with Crippen LogP contribution >= 0.6 is 23.4 Å². The Balaban J connectivity index is 2.12. The van der Waals surface area contributed by atoms with Crippen molar-refractivity contribution in [3.05, 3.63) is 58.6 Å². The molecule has 3 nitrogen and oxygen atoms in total. The van der Waals surface area contributed by atoms with Crippen molar-refractivity contribution in [1.82, 2.24) is 5.32 Å². The van der Waals surface area contributed by atoms with Gasteiger partial charge in [0.25, 0.3) is 5.91 Å². The first-order valence-corrected chi connectivity index (χ1v) is 7.45. The zero-order chi connectivity index (χ0) is 14.5. The summed E-state index contributed by atoms with van der Waals surface area (Å²) in [7, 11) is 1.61. The zero-order valence-electron chi connectivity index (χ0n) is 11.0. The maximum atomic E-state index is 11.6. The van der Waals surface area contributed by atoms with E-state index in [-0.39, 0.29) is 5.91 Å². The van der Waals surface area contributed by atoms with E-state index in [1.807, 2.05) is 30.3 Å². The third-order valence-electron chi connectivity index (χ3n) is 2.81. The Morgan fingerprint density at radius 1 is 1.25 bits per heavy atom. The van der Waals surface area contributed by atoms with Gasteiger partial charge >= 0.3 is 0 Å². The van der Waals surface area contributed by atoms with Crippen LogP contribution in [0.25, 0.3) is 0 Å². The molecule has 2 rings (SSSR count). The summed E-state index contributed by atoms with van der Waals surface area (Å²) in [4.78, 5) is 12.5. The molecule has 2 aromatic rings. The summed E-state index contributed by atoms with van der Waals surface area (Å²) in [6.07, 6.45) is 0. The van der Waals surface area contributed by atoms with Crippen LogP contribution in [0.1, 0.15) is 15.9 Å². The number of rotatable bonds is 4. The lowest BCUT2D eigenvalue weighted by molar-refractivity contribution is 0.0963. The molecular weight excluding hydrogens is 292 g/mol. The second kappa shape index (κ2) is 6.68. The summed E-state index contributed by atoms with van der Waals surface area (Å²) >= 11 is 7.45. The molecule has 0 saturated carbocycles. The number of anilines is 1. The van der Waals surface area contributed by atoms with Crippen LogP contribution in [0.3, 0.4) is 0 Å². The van der Waals surface area contributed by atoms with Gasteiger partial charge in [0.15, 0.2) is 0 Å². The van der Waals surface area contributed by atoms with Crippen molar-refractivity contribution in [2.75, 3.05) is 12.8 Å². The fourth-order valence-electron chi connectivity index (χ4n) is 1.69. The lowest BCUT2D eigenvalue weighted by Crippen LogP contribution is -2.17. The number of halogens is 1. The second-order valence-corrected chi connectivity index (χ2v) is 5.70. The number of carbonyl (C=O) groups is 1. The van der Waals surface area contributed by atoms with Crippen molar-refractivity contribution in [2.24, 2.45) is 0 Å². The van der Waals surface area contributed by atoms with E-state index in [9.17, 15) is 4.79 Å². The van der Waals surface area contributed by atoms with Crippen molar-refractivity contribution in [3.8, 4) is 0 Å². The van der Waals surface area contributed by atoms with Crippen LogP contribution in [0.15, 0.2) is 47.4 Å². The van der Waals surface area contributed by atoms with Crippen LogP contribution in [-0.4, -0.2) is 13.0 Å². The van der Waals surface area contributed by atoms with E-state index in [1.165, 1.54) is 0 Å². The Kier molecular flexibility index (Phi) is 4.93. The molecule has 0 radical (unpaired) electrons. The molecule has 0 heterocycles. The van der Waals surface area contributed by atoms with E-state index in [0.717, 1.165) is 21.2 Å². The fraction of sp³-hybridized carbons (Fsp3) is 0.133. The highest BCUT2D eigenvalue weighted by molar-refractivity contribution is 7.98. The molecule has 0 fully saturated rings. The van der Waals surface area contributed by atoms with E-state index in [1.54, 1.807) is 30.9 Å². The molecule has 5 heteroatoms. The number of hydrogen-bond acceptors (Lipinski definition) is 3. The van der Waals surface area contributed by atoms with Crippen molar-refractivity contribution < 1.29 is 4.79 Å². The number of amides is 1. The third kappa shape index (κ3) is 3.68. The van der Waals surface area contributed by atoms with Crippen LogP contribution in [0, 0.1) is 0 Å². The Morgan fingerprint density at radius 3 is 2.60 bits per heavy atom. The first-order chi connectivity index (χ1) is 9.60. The van der Waals surface area contributed by atoms with Gasteiger partial charge in [-0.3, -0.25) is 4.79 Å². The molecule has 0 unspecified atom stereocenters. The SMILES string of the molecule is CNC(=O)c1ccc(N)c(SCc2ccc(Cl)cc2)c1. The molecule has 3 N–H and O–H groups in total. The molecule has 0 bridgehead atoms. The number of nitrogens with one attached hydrogen (secondary N) is 1. The van der Waals surface area contributed by atoms with Crippen LogP contribution in [0.2, 0.25) is 5.02 Å². The van der Waals surface area contributed by atoms with E-state index in [2.05, 4.69) is 5.32 Å². The smallest absolute Gasteiger partial charge is 0.251 e. The molecule has 0 aliphatic rings. The summed E-state index contributed by atoms with van der Waals surface area (Å²) in [5.41, 5.74) is 8.39. The molecule has 0 atom stereocenters. The molecule has 2 aromatic carbocycles. The minimum absolute atomic E-state index is 0.113. The van der Waals surface area contributed by atoms with Crippen LogP contribution in [-0.2, 0) is 5.75 Å². The second-order valence-electron chi connectivity index (χ2n) is 4.25. The molecule has 0 saturated heterocycles. The topological polar surface area (TPSA) is 55.1 Å². The van der Waals surface area contributed by atoms with Crippen molar-refractivity contribution in [1.29, 1.82) is 0 Å². The van der Waals surface area contributed by atoms with Crippen molar-refractivity contribution >= 4 is 35.0 Å². The van der Waals surface area contributed by atoms with Gasteiger partial charge in [-0.2, -0.15) is 0 Å². The highest BCUT2D eigenvalue weighted by Gasteiger charge is 2.07. The summed E-state index contributed by atoms with van der Waals surface area (Å²) in [6.45, 7) is 0. The molecule has 0 spiro atoms. The van der Waals surface area contributed by atoms with E-state index < -0.39 is 0 Å². The summed E-state index contributed by atoms with van der Waals surface area (Å²) < 4.78 is 0. The quantitative estimate of drug-likeness (QED) is 0.670. The maximum absolute atomic E-state index is 11.6. The lowest BCUT2D eigenvalue weighted by atomic mass is 10.2. The Bertz CT molecular complexity index is 614. The largest absolute Gasteiger partial charge is 0.398 e. The number of nitrogen functional groups attached to an aromatic ring is 1. The van der Waals surface area contributed by atoms with Gasteiger partial charge in [0, 0.05) is 34.0 Å². The van der Waals surface area contributed by atoms with Gasteiger partial charge in [-0.25, -0.2) is 0 Å². The van der Waals surface area contributed by atoms with Crippen molar-refractivity contribution in [2.45, 2.75) is 10.6 Å². The van der Waals surface area contributed by atoms with Gasteiger partial charge in [-0.15, -0.1) is 11.8 Å². The maximum Gasteiger partial charge on any atom is 0.251 e. The predicted molar refractivity (Wildman–Crippen MR) is 85.3 cm³/mol. The average molecular weight is 307 g/mol. The normalized spacial score (nSPS) is 10.3. The average Bonchev–Trinajstić information content (AvgIpc) is 2.47. The molecule has 1 amide bonds. The minimum Gasteiger partial charge on any atom is -0.398 e. The predicted octanol–water partition coefficient (Wildman–Crippen LogP) is 3.57. The number of benzene rings is 2. The number of thioether (sulfide) groups is 1. The Morgan fingerprint density at radius 2 is 1.95 bits per heavy atom. The molecule has 0 aromatic heterocycles. The fourth-order valence-corrected chi connectivity index (χ4v) is 2.77.